The summed E-state index contributed by atoms with van der Waals surface area (Å²) < 4.78 is 6.04. The van der Waals surface area contributed by atoms with Crippen LogP contribution in [0.25, 0.3) is 0 Å². The Bertz CT molecular complexity index is 1130. The molecule has 1 saturated heterocycles. The summed E-state index contributed by atoms with van der Waals surface area (Å²) >= 11 is 1.47. The molecule has 0 spiro atoms. The number of carbonyl (C=O) groups excluding carboxylic acids is 3. The predicted octanol–water partition coefficient (Wildman–Crippen LogP) is 3.33. The third kappa shape index (κ3) is 3.59. The minimum absolute atomic E-state index is 0.0309. The Labute approximate surface area is 221 Å². The fourth-order valence-electron chi connectivity index (χ4n) is 8.69. The lowest BCUT2D eigenvalue weighted by molar-refractivity contribution is -0.212. The minimum atomic E-state index is -1.78. The Kier molecular flexibility index (Phi) is 6.04. The van der Waals surface area contributed by atoms with Crippen LogP contribution in [0.3, 0.4) is 0 Å². The topological polar surface area (TPSA) is 121 Å². The molecule has 0 aromatic carbocycles. The molecule has 1 heterocycles. The third-order valence-corrected chi connectivity index (χ3v) is 11.7. The van der Waals surface area contributed by atoms with Gasteiger partial charge in [0.2, 0.25) is 11.5 Å². The van der Waals surface area contributed by atoms with Crippen molar-refractivity contribution in [1.29, 1.82) is 0 Å². The molecule has 8 nitrogen and oxygen atoms in total. The van der Waals surface area contributed by atoms with Crippen molar-refractivity contribution in [2.24, 2.45) is 28.6 Å². The molecular formula is C28H37NO7S. The van der Waals surface area contributed by atoms with E-state index in [0.717, 1.165) is 18.4 Å². The number of esters is 1. The number of thioether (sulfide) groups is 1. The highest BCUT2D eigenvalue weighted by atomic mass is 32.2. The average Bonchev–Trinajstić information content (AvgIpc) is 3.27. The Balaban J connectivity index is 1.48. The molecule has 8 atom stereocenters. The first kappa shape index (κ1) is 26.5. The highest BCUT2D eigenvalue weighted by Gasteiger charge is 2.71. The first-order valence-electron chi connectivity index (χ1n) is 13.2. The summed E-state index contributed by atoms with van der Waals surface area (Å²) in [6.45, 7) is 9.06. The van der Waals surface area contributed by atoms with Gasteiger partial charge in [-0.1, -0.05) is 25.5 Å². The number of aliphatic hydroxyl groups is 1. The van der Waals surface area contributed by atoms with Crippen LogP contribution in [0, 0.1) is 28.6 Å². The van der Waals surface area contributed by atoms with Gasteiger partial charge in [0, 0.05) is 29.4 Å². The molecule has 0 unspecified atom stereocenters. The number of allylic oxidation sites excluding steroid dienone is 4. The first-order valence-corrected chi connectivity index (χ1v) is 14.2. The number of amides is 1. The molecule has 4 aliphatic carbocycles. The van der Waals surface area contributed by atoms with Gasteiger partial charge < -0.3 is 19.8 Å². The van der Waals surface area contributed by atoms with E-state index in [1.165, 1.54) is 23.6 Å². The summed E-state index contributed by atoms with van der Waals surface area (Å²) in [7, 11) is 0. The standard InChI is InChI=1S/C28H37NO7S/c1-15(30)29-20(14-37-25(29,2)3)23(33)36-28(24(34)35)11-9-19-18-7-6-16-12-17(31)8-10-26(16,4)22(18)21(32)13-27(19,28)5/h8,10,12,18-22,32H,6-7,9,11,13-14H2,1-5H3,(H,34,35)/t18-,19-,20-,21-,22+,26-,27-,28-/m0/s1. The quantitative estimate of drug-likeness (QED) is 0.532. The van der Waals surface area contributed by atoms with Gasteiger partial charge in [0.05, 0.1) is 11.0 Å². The number of aliphatic hydroxyl groups excluding tert-OH is 1. The summed E-state index contributed by atoms with van der Waals surface area (Å²) in [5, 5.41) is 22.2. The molecular weight excluding hydrogens is 494 g/mol. The molecule has 37 heavy (non-hydrogen) atoms. The molecule has 0 radical (unpaired) electrons. The van der Waals surface area contributed by atoms with Crippen molar-refractivity contribution in [3.8, 4) is 0 Å². The number of aliphatic carboxylic acids is 1. The van der Waals surface area contributed by atoms with E-state index in [4.69, 9.17) is 4.74 Å². The van der Waals surface area contributed by atoms with Crippen LogP contribution >= 0.6 is 11.8 Å². The van der Waals surface area contributed by atoms with E-state index < -0.39 is 45.4 Å². The second-order valence-electron chi connectivity index (χ2n) is 12.5. The minimum Gasteiger partial charge on any atom is -0.478 e. The molecule has 1 aliphatic heterocycles. The van der Waals surface area contributed by atoms with Gasteiger partial charge in [0.1, 0.15) is 6.04 Å². The zero-order valence-corrected chi connectivity index (χ0v) is 23.0. The number of carboxylic acid groups (broad SMARTS) is 1. The maximum absolute atomic E-state index is 13.6. The molecule has 9 heteroatoms. The number of rotatable bonds is 3. The summed E-state index contributed by atoms with van der Waals surface area (Å²) in [6.07, 6.45) is 6.76. The summed E-state index contributed by atoms with van der Waals surface area (Å²) in [6, 6.07) is -0.858. The Morgan fingerprint density at radius 3 is 2.51 bits per heavy atom. The molecule has 202 valence electrons. The molecule has 4 fully saturated rings. The largest absolute Gasteiger partial charge is 0.478 e. The van der Waals surface area contributed by atoms with Gasteiger partial charge in [-0.05, 0) is 69.9 Å². The van der Waals surface area contributed by atoms with Gasteiger partial charge in [-0.2, -0.15) is 0 Å². The van der Waals surface area contributed by atoms with Gasteiger partial charge in [-0.15, -0.1) is 11.8 Å². The normalized spacial score (nSPS) is 43.9. The number of ether oxygens (including phenoxy) is 1. The van der Waals surface area contributed by atoms with Crippen LogP contribution in [-0.2, 0) is 23.9 Å². The fraction of sp³-hybridized carbons (Fsp3) is 0.714. The van der Waals surface area contributed by atoms with Crippen molar-refractivity contribution in [3.63, 3.8) is 0 Å². The molecule has 0 bridgehead atoms. The Morgan fingerprint density at radius 1 is 1.16 bits per heavy atom. The molecule has 0 aromatic rings. The number of ketones is 1. The number of hydrogen-bond acceptors (Lipinski definition) is 7. The van der Waals surface area contributed by atoms with E-state index in [9.17, 15) is 29.4 Å². The lowest BCUT2D eigenvalue weighted by Crippen LogP contribution is -2.63. The fourth-order valence-corrected chi connectivity index (χ4v) is 9.94. The average molecular weight is 532 g/mol. The van der Waals surface area contributed by atoms with Crippen LogP contribution < -0.4 is 0 Å². The van der Waals surface area contributed by atoms with Crippen molar-refractivity contribution in [2.45, 2.75) is 89.3 Å². The molecule has 5 rings (SSSR count). The summed E-state index contributed by atoms with van der Waals surface area (Å²) in [4.78, 5) is 51.9. The Hall–Kier alpha value is -2.13. The van der Waals surface area contributed by atoms with E-state index in [1.807, 2.05) is 26.8 Å². The lowest BCUT2D eigenvalue weighted by atomic mass is 9.46. The number of nitrogens with zero attached hydrogens (tertiary/aromatic N) is 1. The van der Waals surface area contributed by atoms with Crippen molar-refractivity contribution in [3.05, 3.63) is 23.8 Å². The SMILES string of the molecule is CC(=O)N1[C@H](C(=O)O[C@]2(C(=O)O)CC[C@H]3[C@@H]4CCC5=CC(=O)C=C[C@]5(C)[C@H]4[C@@H](O)C[C@@]32C)CSC1(C)C. The van der Waals surface area contributed by atoms with E-state index in [-0.39, 0.29) is 42.3 Å². The van der Waals surface area contributed by atoms with E-state index in [2.05, 4.69) is 6.92 Å². The summed E-state index contributed by atoms with van der Waals surface area (Å²) in [5.74, 6) is -2.01. The van der Waals surface area contributed by atoms with Crippen molar-refractivity contribution in [2.75, 3.05) is 5.75 Å². The van der Waals surface area contributed by atoms with Gasteiger partial charge >= 0.3 is 11.9 Å². The van der Waals surface area contributed by atoms with Crippen LogP contribution in [0.1, 0.15) is 66.7 Å². The van der Waals surface area contributed by atoms with Crippen molar-refractivity contribution < 1.29 is 34.1 Å². The molecule has 1 amide bonds. The van der Waals surface area contributed by atoms with Gasteiger partial charge in [0.15, 0.2) is 5.78 Å². The monoisotopic (exact) mass is 531 g/mol. The van der Waals surface area contributed by atoms with Crippen LogP contribution in [0.15, 0.2) is 23.8 Å². The maximum atomic E-state index is 13.6. The lowest BCUT2D eigenvalue weighted by Gasteiger charge is -2.59. The number of carbonyl (C=O) groups is 4. The molecule has 3 saturated carbocycles. The van der Waals surface area contributed by atoms with Crippen molar-refractivity contribution >= 4 is 35.4 Å². The van der Waals surface area contributed by atoms with Crippen molar-refractivity contribution in [1.82, 2.24) is 4.90 Å². The maximum Gasteiger partial charge on any atom is 0.348 e. The second-order valence-corrected chi connectivity index (χ2v) is 14.1. The van der Waals surface area contributed by atoms with Crippen LogP contribution in [0.4, 0.5) is 0 Å². The van der Waals surface area contributed by atoms with Gasteiger partial charge in [-0.25, -0.2) is 9.59 Å². The third-order valence-electron chi connectivity index (χ3n) is 10.3. The van der Waals surface area contributed by atoms with E-state index in [1.54, 1.807) is 12.2 Å². The number of hydrogen-bond donors (Lipinski definition) is 2. The molecule has 2 N–H and O–H groups in total. The number of fused-ring (bicyclic) bond motifs is 5. The zero-order chi connectivity index (χ0) is 27.1. The van der Waals surface area contributed by atoms with E-state index in [0.29, 0.717) is 12.2 Å². The van der Waals surface area contributed by atoms with Crippen LogP contribution in [-0.4, -0.2) is 67.1 Å². The smallest absolute Gasteiger partial charge is 0.348 e. The highest BCUT2D eigenvalue weighted by molar-refractivity contribution is 8.00. The van der Waals surface area contributed by atoms with Gasteiger partial charge in [-0.3, -0.25) is 9.59 Å². The Morgan fingerprint density at radius 2 is 1.86 bits per heavy atom. The molecule has 5 aliphatic rings. The summed E-state index contributed by atoms with van der Waals surface area (Å²) in [5.41, 5.74) is -2.18. The number of carboxylic acids is 1. The highest BCUT2D eigenvalue weighted by Crippen LogP contribution is 2.67. The first-order chi connectivity index (χ1) is 17.2. The zero-order valence-electron chi connectivity index (χ0n) is 22.2. The predicted molar refractivity (Wildman–Crippen MR) is 137 cm³/mol. The molecule has 0 aromatic heterocycles. The van der Waals surface area contributed by atoms with Crippen LogP contribution in [0.5, 0.6) is 0 Å². The van der Waals surface area contributed by atoms with E-state index >= 15 is 0 Å². The van der Waals surface area contributed by atoms with Gasteiger partial charge in [0.25, 0.3) is 0 Å². The van der Waals surface area contributed by atoms with Crippen LogP contribution in [0.2, 0.25) is 0 Å². The second kappa shape index (κ2) is 8.43.